The number of carbonyl (C=O) groups is 1. The molecule has 21 heavy (non-hydrogen) atoms. The first-order chi connectivity index (χ1) is 9.88. The molecule has 0 amide bonds. The van der Waals surface area contributed by atoms with Gasteiger partial charge in [0.25, 0.3) is 0 Å². The van der Waals surface area contributed by atoms with Gasteiger partial charge in [-0.2, -0.15) is 0 Å². The molecule has 0 saturated carbocycles. The van der Waals surface area contributed by atoms with Crippen LogP contribution in [0.15, 0.2) is 43.7 Å². The van der Waals surface area contributed by atoms with Gasteiger partial charge in [0, 0.05) is 15.1 Å². The van der Waals surface area contributed by atoms with Crippen molar-refractivity contribution in [1.29, 1.82) is 0 Å². The molecule has 0 aliphatic heterocycles. The van der Waals surface area contributed by atoms with Crippen LogP contribution in [0.25, 0.3) is 0 Å². The van der Waals surface area contributed by atoms with Crippen LogP contribution in [0.3, 0.4) is 0 Å². The van der Waals surface area contributed by atoms with E-state index < -0.39 is 0 Å². The molecular weight excluding hydrogens is 511 g/mol. The van der Waals surface area contributed by atoms with E-state index in [1.54, 1.807) is 12.1 Å². The number of ketones is 1. The molecule has 0 atom stereocenters. The number of ether oxygens (including phenoxy) is 1. The Balaban J connectivity index is 2.15. The van der Waals surface area contributed by atoms with E-state index >= 15 is 0 Å². The summed E-state index contributed by atoms with van der Waals surface area (Å²) in [6.07, 6.45) is 0. The van der Waals surface area contributed by atoms with Crippen molar-refractivity contribution in [2.45, 2.75) is 0 Å². The number of rotatable bonds is 4. The topological polar surface area (TPSA) is 26.3 Å². The summed E-state index contributed by atoms with van der Waals surface area (Å²) in [5, 5.41) is 0.793. The van der Waals surface area contributed by atoms with Gasteiger partial charge in [-0.1, -0.05) is 39.1 Å². The van der Waals surface area contributed by atoms with Gasteiger partial charge < -0.3 is 4.74 Å². The Labute approximate surface area is 157 Å². The van der Waals surface area contributed by atoms with Crippen LogP contribution in [0.4, 0.5) is 0 Å². The summed E-state index contributed by atoms with van der Waals surface area (Å²) < 4.78 is 7.93. The molecule has 0 bridgehead atoms. The van der Waals surface area contributed by atoms with E-state index in [9.17, 15) is 4.79 Å². The van der Waals surface area contributed by atoms with E-state index in [2.05, 4.69) is 47.8 Å². The average molecular weight is 518 g/mol. The van der Waals surface area contributed by atoms with Gasteiger partial charge in [-0.15, -0.1) is 0 Å². The molecule has 0 unspecified atom stereocenters. The molecule has 2 aromatic rings. The van der Waals surface area contributed by atoms with Gasteiger partial charge in [0.2, 0.25) is 5.78 Å². The normalized spacial score (nSPS) is 10.5. The van der Waals surface area contributed by atoms with Crippen molar-refractivity contribution in [3.63, 3.8) is 0 Å². The van der Waals surface area contributed by atoms with Gasteiger partial charge in [-0.05, 0) is 62.2 Å². The quantitative estimate of drug-likeness (QED) is 0.430. The number of hydrogen-bond donors (Lipinski definition) is 0. The predicted octanol–water partition coefficient (Wildman–Crippen LogP) is 6.54. The average Bonchev–Trinajstić information content (AvgIpc) is 2.36. The fourth-order valence-electron chi connectivity index (χ4n) is 1.60. The highest BCUT2D eigenvalue weighted by Gasteiger charge is 2.14. The maximum absolute atomic E-state index is 12.1. The van der Waals surface area contributed by atoms with Crippen molar-refractivity contribution in [2.24, 2.45) is 0 Å². The first-order valence-corrected chi connectivity index (χ1v) is 8.77. The van der Waals surface area contributed by atoms with E-state index in [4.69, 9.17) is 27.9 Å². The molecule has 110 valence electrons. The molecule has 0 N–H and O–H groups in total. The van der Waals surface area contributed by atoms with Crippen LogP contribution in [0.2, 0.25) is 10.0 Å². The first kappa shape index (κ1) is 17.3. The van der Waals surface area contributed by atoms with Crippen molar-refractivity contribution in [1.82, 2.24) is 0 Å². The fraction of sp³-hybridized carbons (Fsp3) is 0.0714. The Bertz CT molecular complexity index is 682. The van der Waals surface area contributed by atoms with E-state index in [1.165, 1.54) is 6.07 Å². The molecule has 0 aromatic heterocycles. The number of hydrogen-bond acceptors (Lipinski definition) is 2. The summed E-state index contributed by atoms with van der Waals surface area (Å²) in [5.74, 6) is 0.329. The highest BCUT2D eigenvalue weighted by Crippen LogP contribution is 2.36. The molecule has 0 spiro atoms. The Hall–Kier alpha value is -0.0700. The van der Waals surface area contributed by atoms with Crippen LogP contribution in [0.5, 0.6) is 5.75 Å². The minimum Gasteiger partial charge on any atom is -0.483 e. The van der Waals surface area contributed by atoms with E-state index in [0.29, 0.717) is 21.4 Å². The molecular formula is C14H7Br3Cl2O2. The third kappa shape index (κ3) is 4.45. The Kier molecular flexibility index (Phi) is 6.15. The zero-order valence-corrected chi connectivity index (χ0v) is 16.6. The minimum absolute atomic E-state index is 0.125. The fourth-order valence-corrected chi connectivity index (χ4v) is 4.60. The smallest absolute Gasteiger partial charge is 0.201 e. The molecule has 0 aliphatic rings. The van der Waals surface area contributed by atoms with Gasteiger partial charge in [-0.25, -0.2) is 0 Å². The zero-order valence-electron chi connectivity index (χ0n) is 10.3. The number of Topliss-reactive ketones (excluding diaryl/α,β-unsaturated/α-hetero) is 1. The molecule has 7 heteroatoms. The van der Waals surface area contributed by atoms with E-state index in [-0.39, 0.29) is 12.4 Å². The maximum atomic E-state index is 12.1. The van der Waals surface area contributed by atoms with Gasteiger partial charge in [-0.3, -0.25) is 4.79 Å². The van der Waals surface area contributed by atoms with Crippen LogP contribution in [0, 0.1) is 0 Å². The predicted molar refractivity (Wildman–Crippen MR) is 95.8 cm³/mol. The summed E-state index contributed by atoms with van der Waals surface area (Å²) in [6.45, 7) is -0.125. The number of benzene rings is 2. The molecule has 0 radical (unpaired) electrons. The van der Waals surface area contributed by atoms with Crippen molar-refractivity contribution < 1.29 is 9.53 Å². The molecule has 0 heterocycles. The van der Waals surface area contributed by atoms with Crippen molar-refractivity contribution in [3.8, 4) is 5.75 Å². The SMILES string of the molecule is O=C(COc1c(Br)cc(Br)cc1Br)c1ccc(Cl)cc1Cl. The lowest BCUT2D eigenvalue weighted by atomic mass is 10.1. The maximum Gasteiger partial charge on any atom is 0.201 e. The monoisotopic (exact) mass is 514 g/mol. The second-order valence-electron chi connectivity index (χ2n) is 4.03. The van der Waals surface area contributed by atoms with Gasteiger partial charge >= 0.3 is 0 Å². The number of carbonyl (C=O) groups excluding carboxylic acids is 1. The Morgan fingerprint density at radius 3 is 2.24 bits per heavy atom. The second kappa shape index (κ2) is 7.47. The van der Waals surface area contributed by atoms with Crippen LogP contribution in [-0.4, -0.2) is 12.4 Å². The Morgan fingerprint density at radius 1 is 1.05 bits per heavy atom. The lowest BCUT2D eigenvalue weighted by molar-refractivity contribution is 0.0920. The first-order valence-electron chi connectivity index (χ1n) is 5.64. The van der Waals surface area contributed by atoms with Gasteiger partial charge in [0.05, 0.1) is 14.0 Å². The Morgan fingerprint density at radius 2 is 1.67 bits per heavy atom. The zero-order chi connectivity index (χ0) is 15.6. The summed E-state index contributed by atoms with van der Waals surface area (Å²) in [7, 11) is 0. The molecule has 2 aromatic carbocycles. The minimum atomic E-state index is -0.224. The van der Waals surface area contributed by atoms with Crippen molar-refractivity contribution in [3.05, 3.63) is 59.4 Å². The van der Waals surface area contributed by atoms with Crippen molar-refractivity contribution in [2.75, 3.05) is 6.61 Å². The van der Waals surface area contributed by atoms with Crippen molar-refractivity contribution >= 4 is 76.8 Å². The molecule has 0 aliphatic carbocycles. The van der Waals surface area contributed by atoms with Gasteiger partial charge in [0.15, 0.2) is 6.61 Å². The largest absolute Gasteiger partial charge is 0.483 e. The number of halogens is 5. The third-order valence-electron chi connectivity index (χ3n) is 2.54. The lowest BCUT2D eigenvalue weighted by Crippen LogP contribution is -2.12. The molecule has 0 saturated heterocycles. The second-order valence-corrected chi connectivity index (χ2v) is 7.50. The van der Waals surface area contributed by atoms with Gasteiger partial charge in [0.1, 0.15) is 5.75 Å². The van der Waals surface area contributed by atoms with Crippen LogP contribution in [-0.2, 0) is 0 Å². The van der Waals surface area contributed by atoms with E-state index in [0.717, 1.165) is 13.4 Å². The molecule has 2 nitrogen and oxygen atoms in total. The summed E-state index contributed by atoms with van der Waals surface area (Å²) in [5.41, 5.74) is 0.380. The van der Waals surface area contributed by atoms with Crippen LogP contribution < -0.4 is 4.74 Å². The third-order valence-corrected chi connectivity index (χ3v) is 4.73. The summed E-state index contributed by atoms with van der Waals surface area (Å²) >= 11 is 22.0. The summed E-state index contributed by atoms with van der Waals surface area (Å²) in [6, 6.07) is 8.40. The van der Waals surface area contributed by atoms with E-state index in [1.807, 2.05) is 12.1 Å². The molecule has 0 fully saturated rings. The van der Waals surface area contributed by atoms with Crippen LogP contribution >= 0.6 is 71.0 Å². The standard InChI is InChI=1S/C14H7Br3Cl2O2/c15-7-3-10(16)14(11(17)4-7)21-6-13(20)9-2-1-8(18)5-12(9)19/h1-5H,6H2. The lowest BCUT2D eigenvalue weighted by Gasteiger charge is -2.11. The van der Waals surface area contributed by atoms with Crippen LogP contribution in [0.1, 0.15) is 10.4 Å². The molecule has 2 rings (SSSR count). The summed E-state index contributed by atoms with van der Waals surface area (Å²) in [4.78, 5) is 12.1. The highest BCUT2D eigenvalue weighted by molar-refractivity contribution is 9.11. The highest BCUT2D eigenvalue weighted by atomic mass is 79.9.